The molecule has 40 heavy (non-hydrogen) atoms. The second-order valence-corrected chi connectivity index (χ2v) is 11.3. The Balaban J connectivity index is 0.000000251. The van der Waals surface area contributed by atoms with Gasteiger partial charge in [0.2, 0.25) is 0 Å². The zero-order chi connectivity index (χ0) is 29.6. The Morgan fingerprint density at radius 3 is 1.52 bits per heavy atom. The SMILES string of the molecule is CC1=CCOCC1.CC1CN(C)CCO1.CCC1CN(C)CCO1.CN1CCOC(CO)C1.CN1CCOCC1. The van der Waals surface area contributed by atoms with Gasteiger partial charge in [-0.05, 0) is 54.9 Å². The quantitative estimate of drug-likeness (QED) is 0.492. The van der Waals surface area contributed by atoms with Crippen molar-refractivity contribution in [3.63, 3.8) is 0 Å². The molecule has 5 rings (SSSR count). The van der Waals surface area contributed by atoms with Crippen LogP contribution in [0.3, 0.4) is 0 Å². The standard InChI is InChI=1S/C7H15NO.C6H13NO2.C6H13NO.C6H10O.C5H11NO/c1-3-7-6-8(2)4-5-9-7;1-7-2-3-9-6(4-7)5-8;1-6-5-7(2)3-4-8-6;2*1-6-2-4-7-5-3-6/h7H,3-6H2,1-2H3;6,8H,2-5H2,1H3;6H,3-5H2,1-2H3;2H,3-5H2,1H3;2-5H2,1H3. The third kappa shape index (κ3) is 20.3. The van der Waals surface area contributed by atoms with Crippen molar-refractivity contribution in [2.45, 2.75) is 51.9 Å². The van der Waals surface area contributed by atoms with Crippen molar-refractivity contribution >= 4 is 0 Å². The number of aliphatic hydroxyl groups excluding tert-OH is 1. The monoisotopic (exact) mass is 574 g/mol. The van der Waals surface area contributed by atoms with E-state index in [1.807, 2.05) is 7.05 Å². The number of aliphatic hydroxyl groups is 1. The van der Waals surface area contributed by atoms with Crippen molar-refractivity contribution < 1.29 is 28.8 Å². The highest BCUT2D eigenvalue weighted by Gasteiger charge is 2.16. The molecular formula is C30H62N4O6. The van der Waals surface area contributed by atoms with E-state index in [1.165, 1.54) is 5.57 Å². The summed E-state index contributed by atoms with van der Waals surface area (Å²) in [6.45, 7) is 21.1. The molecule has 0 aromatic carbocycles. The summed E-state index contributed by atoms with van der Waals surface area (Å²) in [4.78, 5) is 9.03. The van der Waals surface area contributed by atoms with Gasteiger partial charge in [-0.15, -0.1) is 0 Å². The van der Waals surface area contributed by atoms with E-state index < -0.39 is 0 Å². The van der Waals surface area contributed by atoms with Gasteiger partial charge in [-0.1, -0.05) is 18.6 Å². The lowest BCUT2D eigenvalue weighted by molar-refractivity contribution is -0.0453. The molecule has 0 aliphatic carbocycles. The Kier molecular flexibility index (Phi) is 22.3. The van der Waals surface area contributed by atoms with E-state index in [-0.39, 0.29) is 12.7 Å². The molecule has 3 atom stereocenters. The van der Waals surface area contributed by atoms with Gasteiger partial charge >= 0.3 is 0 Å². The number of rotatable bonds is 2. The molecule has 5 heterocycles. The number of morpholine rings is 4. The van der Waals surface area contributed by atoms with Gasteiger partial charge in [-0.3, -0.25) is 0 Å². The van der Waals surface area contributed by atoms with Crippen LogP contribution in [0.2, 0.25) is 0 Å². The van der Waals surface area contributed by atoms with Crippen molar-refractivity contribution in [2.24, 2.45) is 0 Å². The lowest BCUT2D eigenvalue weighted by Crippen LogP contribution is -2.41. The summed E-state index contributed by atoms with van der Waals surface area (Å²) in [7, 11) is 8.41. The van der Waals surface area contributed by atoms with Gasteiger partial charge in [0, 0.05) is 52.4 Å². The third-order valence-electron chi connectivity index (χ3n) is 7.21. The van der Waals surface area contributed by atoms with Gasteiger partial charge in [-0.25, -0.2) is 0 Å². The lowest BCUT2D eigenvalue weighted by atomic mass is 10.2. The zero-order valence-corrected chi connectivity index (χ0v) is 26.8. The highest BCUT2D eigenvalue weighted by atomic mass is 16.5. The Bertz CT molecular complexity index is 593. The van der Waals surface area contributed by atoms with Crippen LogP contribution in [0.15, 0.2) is 11.6 Å². The van der Waals surface area contributed by atoms with Crippen LogP contribution in [0.4, 0.5) is 0 Å². The molecule has 0 spiro atoms. The highest BCUT2D eigenvalue weighted by molar-refractivity contribution is 4.99. The number of ether oxygens (including phenoxy) is 5. The number of hydrogen-bond acceptors (Lipinski definition) is 10. The fraction of sp³-hybridized carbons (Fsp3) is 0.933. The minimum Gasteiger partial charge on any atom is -0.394 e. The van der Waals surface area contributed by atoms with E-state index in [4.69, 9.17) is 28.8 Å². The lowest BCUT2D eigenvalue weighted by Gasteiger charge is -2.29. The average Bonchev–Trinajstić information content (AvgIpc) is 2.95. The largest absolute Gasteiger partial charge is 0.394 e. The Hall–Kier alpha value is -0.660. The summed E-state index contributed by atoms with van der Waals surface area (Å²) in [5.74, 6) is 0. The van der Waals surface area contributed by atoms with E-state index >= 15 is 0 Å². The summed E-state index contributed by atoms with van der Waals surface area (Å²) in [5.41, 5.74) is 1.46. The van der Waals surface area contributed by atoms with Crippen LogP contribution in [-0.4, -0.2) is 176 Å². The summed E-state index contributed by atoms with van der Waals surface area (Å²) in [5, 5.41) is 8.66. The van der Waals surface area contributed by atoms with Crippen molar-refractivity contribution in [2.75, 3.05) is 133 Å². The van der Waals surface area contributed by atoms with Gasteiger partial charge in [0.1, 0.15) is 0 Å². The topological polar surface area (TPSA) is 79.3 Å². The zero-order valence-electron chi connectivity index (χ0n) is 26.8. The molecule has 5 aliphatic rings. The molecule has 0 bridgehead atoms. The number of hydrogen-bond donors (Lipinski definition) is 1. The average molecular weight is 575 g/mol. The molecular weight excluding hydrogens is 512 g/mol. The van der Waals surface area contributed by atoms with Crippen LogP contribution in [0.25, 0.3) is 0 Å². The van der Waals surface area contributed by atoms with E-state index in [2.05, 4.69) is 67.6 Å². The van der Waals surface area contributed by atoms with Gasteiger partial charge < -0.3 is 48.4 Å². The van der Waals surface area contributed by atoms with Crippen molar-refractivity contribution in [1.29, 1.82) is 0 Å². The van der Waals surface area contributed by atoms with Crippen LogP contribution < -0.4 is 0 Å². The maximum absolute atomic E-state index is 8.66. The molecule has 4 fully saturated rings. The van der Waals surface area contributed by atoms with Crippen LogP contribution in [0, 0.1) is 0 Å². The Morgan fingerprint density at radius 2 is 1.23 bits per heavy atom. The molecule has 10 nitrogen and oxygen atoms in total. The Labute approximate surface area is 245 Å². The van der Waals surface area contributed by atoms with E-state index in [0.717, 1.165) is 111 Å². The molecule has 0 aromatic heterocycles. The van der Waals surface area contributed by atoms with E-state index in [9.17, 15) is 0 Å². The molecule has 1 N–H and O–H groups in total. The predicted octanol–water partition coefficient (Wildman–Crippen LogP) is 1.67. The first-order chi connectivity index (χ1) is 19.2. The molecule has 238 valence electrons. The normalized spacial score (nSPS) is 28.6. The molecule has 0 aromatic rings. The van der Waals surface area contributed by atoms with E-state index in [1.54, 1.807) is 0 Å². The maximum atomic E-state index is 8.66. The summed E-state index contributed by atoms with van der Waals surface area (Å²) in [6.07, 6.45) is 5.37. The first-order valence-corrected chi connectivity index (χ1v) is 15.2. The maximum Gasteiger partial charge on any atom is 0.0932 e. The predicted molar refractivity (Wildman–Crippen MR) is 162 cm³/mol. The van der Waals surface area contributed by atoms with Gasteiger partial charge in [0.25, 0.3) is 0 Å². The molecule has 5 aliphatic heterocycles. The van der Waals surface area contributed by atoms with Crippen molar-refractivity contribution in [3.8, 4) is 0 Å². The fourth-order valence-electron chi connectivity index (χ4n) is 4.36. The van der Waals surface area contributed by atoms with Crippen molar-refractivity contribution in [1.82, 2.24) is 19.6 Å². The molecule has 0 amide bonds. The van der Waals surface area contributed by atoms with Crippen LogP contribution in [-0.2, 0) is 23.7 Å². The van der Waals surface area contributed by atoms with Gasteiger partial charge in [-0.2, -0.15) is 0 Å². The highest BCUT2D eigenvalue weighted by Crippen LogP contribution is 2.05. The smallest absolute Gasteiger partial charge is 0.0932 e. The second-order valence-electron chi connectivity index (χ2n) is 11.3. The molecule has 10 heteroatoms. The summed E-state index contributed by atoms with van der Waals surface area (Å²) >= 11 is 0. The Morgan fingerprint density at radius 1 is 0.700 bits per heavy atom. The second kappa shape index (κ2) is 23.9. The minimum atomic E-state index is 0.0451. The minimum absolute atomic E-state index is 0.0451. The number of nitrogens with zero attached hydrogens (tertiary/aromatic N) is 4. The fourth-order valence-corrected chi connectivity index (χ4v) is 4.36. The first kappa shape index (κ1) is 37.4. The molecule has 0 radical (unpaired) electrons. The van der Waals surface area contributed by atoms with E-state index in [0.29, 0.717) is 12.2 Å². The van der Waals surface area contributed by atoms with Crippen LogP contribution in [0.1, 0.15) is 33.6 Å². The third-order valence-corrected chi connectivity index (χ3v) is 7.21. The number of likely N-dealkylation sites (N-methyl/N-ethyl adjacent to an activating group) is 4. The molecule has 4 saturated heterocycles. The van der Waals surface area contributed by atoms with Gasteiger partial charge in [0.05, 0.1) is 71.2 Å². The summed E-state index contributed by atoms with van der Waals surface area (Å²) < 4.78 is 26.1. The van der Waals surface area contributed by atoms with Crippen LogP contribution in [0.5, 0.6) is 0 Å². The van der Waals surface area contributed by atoms with Gasteiger partial charge in [0.15, 0.2) is 0 Å². The molecule has 3 unspecified atom stereocenters. The summed E-state index contributed by atoms with van der Waals surface area (Å²) in [6, 6.07) is 0. The van der Waals surface area contributed by atoms with Crippen molar-refractivity contribution in [3.05, 3.63) is 11.6 Å². The molecule has 0 saturated carbocycles. The van der Waals surface area contributed by atoms with Crippen LogP contribution >= 0.6 is 0 Å². The first-order valence-electron chi connectivity index (χ1n) is 15.2.